The lowest BCUT2D eigenvalue weighted by Crippen LogP contribution is -2.52. The van der Waals surface area contributed by atoms with E-state index < -0.39 is 0 Å². The molecule has 0 radical (unpaired) electrons. The second-order valence-corrected chi connectivity index (χ2v) is 7.71. The van der Waals surface area contributed by atoms with Gasteiger partial charge in [0.2, 0.25) is 5.91 Å². The fourth-order valence-electron chi connectivity index (χ4n) is 4.24. The normalized spacial score (nSPS) is 25.2. The van der Waals surface area contributed by atoms with Gasteiger partial charge in [0, 0.05) is 25.7 Å². The molecule has 0 aromatic rings. The Bertz CT molecular complexity index is 383. The third-order valence-electron chi connectivity index (χ3n) is 6.07. The van der Waals surface area contributed by atoms with E-state index in [2.05, 4.69) is 35.6 Å². The summed E-state index contributed by atoms with van der Waals surface area (Å²) < 4.78 is 0. The number of carbonyl (C=O) groups excluding carboxylic acids is 1. The molecule has 1 N–H and O–H groups in total. The van der Waals surface area contributed by atoms with Crippen molar-refractivity contribution in [3.05, 3.63) is 0 Å². The fraction of sp³-hybridized carbons (Fsp3) is 0.947. The lowest BCUT2D eigenvalue weighted by molar-refractivity contribution is -0.140. The summed E-state index contributed by atoms with van der Waals surface area (Å²) in [6.45, 7) is 9.42. The first-order valence-corrected chi connectivity index (χ1v) is 9.90. The number of aliphatic hydroxyl groups excluding tert-OH is 1. The van der Waals surface area contributed by atoms with Crippen molar-refractivity contribution in [3.63, 3.8) is 0 Å². The number of likely N-dealkylation sites (N-methyl/N-ethyl adjacent to an activating group) is 1. The molecule has 2 aliphatic rings. The average Bonchev–Trinajstić information content (AvgIpc) is 2.62. The van der Waals surface area contributed by atoms with Crippen molar-refractivity contribution in [3.8, 4) is 0 Å². The second kappa shape index (κ2) is 9.73. The third kappa shape index (κ3) is 5.17. The Hall–Kier alpha value is -0.650. The van der Waals surface area contributed by atoms with Crippen LogP contribution >= 0.6 is 0 Å². The van der Waals surface area contributed by atoms with Crippen LogP contribution in [-0.4, -0.2) is 84.2 Å². The summed E-state index contributed by atoms with van der Waals surface area (Å²) in [5.74, 6) is 0.991. The van der Waals surface area contributed by atoms with Gasteiger partial charge in [-0.15, -0.1) is 0 Å². The van der Waals surface area contributed by atoms with E-state index in [-0.39, 0.29) is 12.6 Å². The molecule has 0 aromatic heterocycles. The number of nitrogens with zero attached hydrogens (tertiary/aromatic N) is 3. The lowest BCUT2D eigenvalue weighted by atomic mass is 9.95. The molecular formula is C19H37N3O2. The predicted octanol–water partition coefficient (Wildman–Crippen LogP) is 1.80. The predicted molar refractivity (Wildman–Crippen MR) is 98.0 cm³/mol. The molecule has 0 saturated carbocycles. The molecule has 2 aliphatic heterocycles. The molecule has 2 atom stereocenters. The van der Waals surface area contributed by atoms with Gasteiger partial charge in [0.05, 0.1) is 12.6 Å². The van der Waals surface area contributed by atoms with E-state index in [4.69, 9.17) is 5.11 Å². The Kier molecular flexibility index (Phi) is 7.98. The van der Waals surface area contributed by atoms with Crippen LogP contribution in [0.4, 0.5) is 0 Å². The van der Waals surface area contributed by atoms with Gasteiger partial charge >= 0.3 is 0 Å². The van der Waals surface area contributed by atoms with Crippen LogP contribution in [0, 0.1) is 5.92 Å². The number of rotatable bonds is 7. The number of piperidine rings is 2. The van der Waals surface area contributed by atoms with Crippen LogP contribution in [-0.2, 0) is 4.79 Å². The van der Waals surface area contributed by atoms with Gasteiger partial charge in [0.25, 0.3) is 0 Å². The Balaban J connectivity index is 1.81. The van der Waals surface area contributed by atoms with Gasteiger partial charge in [0.15, 0.2) is 0 Å². The van der Waals surface area contributed by atoms with Crippen LogP contribution in [0.3, 0.4) is 0 Å². The Morgan fingerprint density at radius 3 is 2.54 bits per heavy atom. The van der Waals surface area contributed by atoms with Crippen molar-refractivity contribution in [2.24, 2.45) is 5.92 Å². The zero-order chi connectivity index (χ0) is 17.5. The highest BCUT2D eigenvalue weighted by Gasteiger charge is 2.31. The third-order valence-corrected chi connectivity index (χ3v) is 6.07. The monoisotopic (exact) mass is 339 g/mol. The first-order chi connectivity index (χ1) is 11.6. The molecule has 140 valence electrons. The fourth-order valence-corrected chi connectivity index (χ4v) is 4.24. The maximum atomic E-state index is 12.9. The first-order valence-electron chi connectivity index (χ1n) is 9.90. The van der Waals surface area contributed by atoms with E-state index in [1.165, 1.54) is 25.7 Å². The number of amides is 1. The summed E-state index contributed by atoms with van der Waals surface area (Å²) in [6, 6.07) is 0.427. The van der Waals surface area contributed by atoms with E-state index in [1.54, 1.807) is 0 Å². The van der Waals surface area contributed by atoms with Crippen molar-refractivity contribution < 1.29 is 9.90 Å². The lowest BCUT2D eigenvalue weighted by Gasteiger charge is -2.40. The van der Waals surface area contributed by atoms with Crippen molar-refractivity contribution in [1.82, 2.24) is 14.7 Å². The zero-order valence-electron chi connectivity index (χ0n) is 15.9. The van der Waals surface area contributed by atoms with Crippen LogP contribution < -0.4 is 0 Å². The number of carbonyl (C=O) groups is 1. The number of aliphatic hydroxyl groups is 1. The number of likely N-dealkylation sites (tertiary alicyclic amines) is 2. The molecule has 2 rings (SSSR count). The second-order valence-electron chi connectivity index (χ2n) is 7.71. The molecule has 0 spiro atoms. The summed E-state index contributed by atoms with van der Waals surface area (Å²) in [7, 11) is 2.10. The Morgan fingerprint density at radius 1 is 1.21 bits per heavy atom. The van der Waals surface area contributed by atoms with Gasteiger partial charge in [-0.3, -0.25) is 9.69 Å². The minimum absolute atomic E-state index is 0.0207. The molecule has 24 heavy (non-hydrogen) atoms. The highest BCUT2D eigenvalue weighted by molar-refractivity contribution is 5.81. The summed E-state index contributed by atoms with van der Waals surface area (Å²) in [4.78, 5) is 19.7. The van der Waals surface area contributed by atoms with E-state index in [0.717, 1.165) is 45.6 Å². The smallest absolute Gasteiger partial charge is 0.239 e. The maximum Gasteiger partial charge on any atom is 0.239 e. The van der Waals surface area contributed by atoms with Crippen molar-refractivity contribution in [2.45, 2.75) is 64.5 Å². The van der Waals surface area contributed by atoms with Crippen LogP contribution in [0.2, 0.25) is 0 Å². The van der Waals surface area contributed by atoms with E-state index in [9.17, 15) is 4.79 Å². The minimum atomic E-state index is -0.0207. The average molecular weight is 340 g/mol. The molecule has 2 heterocycles. The SMILES string of the molecule is CC[C@H]1CCCCN1C(=O)[C@H](C)N(C)CC1CCN(CCO)CC1. The Morgan fingerprint density at radius 2 is 1.92 bits per heavy atom. The van der Waals surface area contributed by atoms with Crippen LogP contribution in [0.5, 0.6) is 0 Å². The van der Waals surface area contributed by atoms with Gasteiger partial charge in [-0.05, 0) is 71.5 Å². The van der Waals surface area contributed by atoms with Crippen LogP contribution in [0.15, 0.2) is 0 Å². The standard InChI is InChI=1S/C19H37N3O2/c1-4-18-7-5-6-10-22(18)19(24)16(2)20(3)15-17-8-11-21(12-9-17)13-14-23/h16-18,23H,4-15H2,1-3H3/t16-,18-/m0/s1. The molecule has 5 heteroatoms. The van der Waals surface area contributed by atoms with Crippen molar-refractivity contribution >= 4 is 5.91 Å². The molecule has 1 amide bonds. The van der Waals surface area contributed by atoms with E-state index in [0.29, 0.717) is 17.9 Å². The van der Waals surface area contributed by atoms with E-state index >= 15 is 0 Å². The highest BCUT2D eigenvalue weighted by atomic mass is 16.3. The molecule has 5 nitrogen and oxygen atoms in total. The zero-order valence-corrected chi connectivity index (χ0v) is 15.9. The quantitative estimate of drug-likeness (QED) is 0.768. The van der Waals surface area contributed by atoms with Gasteiger partial charge in [-0.1, -0.05) is 6.92 Å². The molecular weight excluding hydrogens is 302 g/mol. The first kappa shape index (κ1) is 19.7. The van der Waals surface area contributed by atoms with Crippen molar-refractivity contribution in [2.75, 3.05) is 46.4 Å². The molecule has 0 unspecified atom stereocenters. The topological polar surface area (TPSA) is 47.0 Å². The van der Waals surface area contributed by atoms with Crippen LogP contribution in [0.25, 0.3) is 0 Å². The van der Waals surface area contributed by atoms with Gasteiger partial charge in [-0.2, -0.15) is 0 Å². The minimum Gasteiger partial charge on any atom is -0.395 e. The highest BCUT2D eigenvalue weighted by Crippen LogP contribution is 2.23. The van der Waals surface area contributed by atoms with Crippen molar-refractivity contribution in [1.29, 1.82) is 0 Å². The summed E-state index contributed by atoms with van der Waals surface area (Å²) in [5, 5.41) is 9.04. The van der Waals surface area contributed by atoms with Gasteiger partial charge in [-0.25, -0.2) is 0 Å². The van der Waals surface area contributed by atoms with Gasteiger partial charge < -0.3 is 14.9 Å². The molecule has 2 fully saturated rings. The van der Waals surface area contributed by atoms with E-state index in [1.807, 2.05) is 0 Å². The number of hydrogen-bond acceptors (Lipinski definition) is 4. The molecule has 0 aromatic carbocycles. The maximum absolute atomic E-state index is 12.9. The summed E-state index contributed by atoms with van der Waals surface area (Å²) >= 11 is 0. The molecule has 0 bridgehead atoms. The number of hydrogen-bond donors (Lipinski definition) is 1. The van der Waals surface area contributed by atoms with Crippen LogP contribution in [0.1, 0.15) is 52.4 Å². The summed E-state index contributed by atoms with van der Waals surface area (Å²) in [5.41, 5.74) is 0. The van der Waals surface area contributed by atoms with Gasteiger partial charge in [0.1, 0.15) is 0 Å². The largest absolute Gasteiger partial charge is 0.395 e. The molecule has 0 aliphatic carbocycles. The number of β-amino-alcohol motifs (C(OH)–C–C–N with tert-alkyl or cyclic N) is 1. The Labute approximate surface area is 148 Å². The molecule has 2 saturated heterocycles. The summed E-state index contributed by atoms with van der Waals surface area (Å²) in [6.07, 6.45) is 7.01.